The maximum Gasteiger partial charge on any atom is 0.406 e. The summed E-state index contributed by atoms with van der Waals surface area (Å²) in [6.45, 7) is -1.38. The molecule has 0 radical (unpaired) electrons. The maximum atomic E-state index is 12.5. The quantitative estimate of drug-likeness (QED) is 0.484. The number of anilines is 1. The van der Waals surface area contributed by atoms with E-state index in [1.807, 2.05) is 0 Å². The molecule has 1 aromatic heterocycles. The summed E-state index contributed by atoms with van der Waals surface area (Å²) in [6, 6.07) is 3.54. The van der Waals surface area contributed by atoms with Crippen LogP contribution in [0, 0.1) is 10.1 Å². The Hall–Kier alpha value is -3.11. The molecule has 11 heteroatoms. The molecular weight excluding hydrogens is 345 g/mol. The number of rotatable bonds is 6. The van der Waals surface area contributed by atoms with Gasteiger partial charge in [0, 0.05) is 12.3 Å². The number of carbonyl (C=O) groups excluding carboxylic acids is 1. The summed E-state index contributed by atoms with van der Waals surface area (Å²) in [4.78, 5) is 25.6. The molecule has 25 heavy (non-hydrogen) atoms. The third-order valence-electron chi connectivity index (χ3n) is 3.22. The van der Waals surface area contributed by atoms with Crippen molar-refractivity contribution in [1.29, 1.82) is 0 Å². The van der Waals surface area contributed by atoms with E-state index in [9.17, 15) is 28.1 Å². The highest BCUT2D eigenvalue weighted by Crippen LogP contribution is 2.27. The van der Waals surface area contributed by atoms with Gasteiger partial charge in [-0.1, -0.05) is 0 Å². The van der Waals surface area contributed by atoms with Gasteiger partial charge in [0.2, 0.25) is 0 Å². The summed E-state index contributed by atoms with van der Waals surface area (Å²) in [6.07, 6.45) is -2.19. The average molecular weight is 358 g/mol. The Kier molecular flexibility index (Phi) is 5.25. The SMILES string of the molecule is COC(=O)c1ccc([N+](=O)[O-])c(NCc2cncn2CC(F)(F)F)c1. The van der Waals surface area contributed by atoms with Crippen LogP contribution in [0.5, 0.6) is 0 Å². The van der Waals surface area contributed by atoms with Crippen LogP contribution in [0.25, 0.3) is 0 Å². The number of methoxy groups -OCH3 is 1. The van der Waals surface area contributed by atoms with Crippen molar-refractivity contribution in [3.8, 4) is 0 Å². The third kappa shape index (κ3) is 4.68. The summed E-state index contributed by atoms with van der Waals surface area (Å²) >= 11 is 0. The Morgan fingerprint density at radius 1 is 1.44 bits per heavy atom. The monoisotopic (exact) mass is 358 g/mol. The van der Waals surface area contributed by atoms with Crippen LogP contribution < -0.4 is 5.32 Å². The number of nitro groups is 1. The van der Waals surface area contributed by atoms with Gasteiger partial charge in [-0.25, -0.2) is 9.78 Å². The van der Waals surface area contributed by atoms with Gasteiger partial charge in [0.05, 0.1) is 36.2 Å². The Morgan fingerprint density at radius 3 is 2.76 bits per heavy atom. The van der Waals surface area contributed by atoms with Crippen molar-refractivity contribution in [2.75, 3.05) is 12.4 Å². The van der Waals surface area contributed by atoms with E-state index in [4.69, 9.17) is 0 Å². The fraction of sp³-hybridized carbons (Fsp3) is 0.286. The molecule has 0 saturated heterocycles. The van der Waals surface area contributed by atoms with Gasteiger partial charge in [-0.15, -0.1) is 0 Å². The van der Waals surface area contributed by atoms with Crippen molar-refractivity contribution in [2.45, 2.75) is 19.3 Å². The van der Waals surface area contributed by atoms with Gasteiger partial charge in [-0.05, 0) is 12.1 Å². The van der Waals surface area contributed by atoms with Crippen molar-refractivity contribution in [2.24, 2.45) is 0 Å². The number of hydrogen-bond donors (Lipinski definition) is 1. The van der Waals surface area contributed by atoms with Crippen molar-refractivity contribution in [1.82, 2.24) is 9.55 Å². The molecule has 8 nitrogen and oxygen atoms in total. The molecule has 0 aliphatic rings. The molecule has 1 heterocycles. The number of imidazole rings is 1. The van der Waals surface area contributed by atoms with Crippen LogP contribution in [0.3, 0.4) is 0 Å². The largest absolute Gasteiger partial charge is 0.465 e. The highest BCUT2D eigenvalue weighted by atomic mass is 19.4. The molecule has 134 valence electrons. The predicted molar refractivity (Wildman–Crippen MR) is 80.0 cm³/mol. The Bertz CT molecular complexity index is 789. The molecule has 0 aliphatic heterocycles. The second kappa shape index (κ2) is 7.20. The smallest absolute Gasteiger partial charge is 0.406 e. The average Bonchev–Trinajstić information content (AvgIpc) is 2.96. The van der Waals surface area contributed by atoms with Crippen LogP contribution in [-0.4, -0.2) is 33.7 Å². The van der Waals surface area contributed by atoms with E-state index < -0.39 is 23.6 Å². The van der Waals surface area contributed by atoms with Gasteiger partial charge in [0.25, 0.3) is 5.69 Å². The minimum Gasteiger partial charge on any atom is -0.465 e. The second-order valence-corrected chi connectivity index (χ2v) is 4.96. The van der Waals surface area contributed by atoms with Crippen molar-refractivity contribution >= 4 is 17.3 Å². The van der Waals surface area contributed by atoms with Crippen molar-refractivity contribution in [3.63, 3.8) is 0 Å². The number of carbonyl (C=O) groups is 1. The van der Waals surface area contributed by atoms with Gasteiger partial charge in [-0.2, -0.15) is 13.2 Å². The molecule has 1 N–H and O–H groups in total. The Morgan fingerprint density at radius 2 is 2.16 bits per heavy atom. The van der Waals surface area contributed by atoms with E-state index in [0.29, 0.717) is 0 Å². The highest BCUT2D eigenvalue weighted by molar-refractivity contribution is 5.91. The van der Waals surface area contributed by atoms with Crippen molar-refractivity contribution in [3.05, 3.63) is 52.1 Å². The number of benzene rings is 1. The van der Waals surface area contributed by atoms with Gasteiger partial charge in [0.1, 0.15) is 12.2 Å². The number of alkyl halides is 3. The van der Waals surface area contributed by atoms with Gasteiger partial charge >= 0.3 is 12.1 Å². The maximum absolute atomic E-state index is 12.5. The van der Waals surface area contributed by atoms with Crippen LogP contribution >= 0.6 is 0 Å². The normalized spacial score (nSPS) is 11.2. The first-order valence-electron chi connectivity index (χ1n) is 6.87. The molecule has 0 bridgehead atoms. The van der Waals surface area contributed by atoms with Crippen LogP contribution in [-0.2, 0) is 17.8 Å². The first kappa shape index (κ1) is 18.2. The van der Waals surface area contributed by atoms with Crippen LogP contribution in [0.2, 0.25) is 0 Å². The third-order valence-corrected chi connectivity index (χ3v) is 3.22. The molecule has 0 spiro atoms. The summed E-state index contributed by atoms with van der Waals surface area (Å²) < 4.78 is 42.9. The number of hydrogen-bond acceptors (Lipinski definition) is 6. The Labute approximate surface area is 139 Å². The summed E-state index contributed by atoms with van der Waals surface area (Å²) in [5.41, 5.74) is -0.100. The fourth-order valence-corrected chi connectivity index (χ4v) is 2.10. The van der Waals surface area contributed by atoms with E-state index >= 15 is 0 Å². The lowest BCUT2D eigenvalue weighted by molar-refractivity contribution is -0.384. The number of ether oxygens (including phenoxy) is 1. The van der Waals surface area contributed by atoms with Gasteiger partial charge < -0.3 is 14.6 Å². The lowest BCUT2D eigenvalue weighted by Crippen LogP contribution is -2.19. The fourth-order valence-electron chi connectivity index (χ4n) is 2.10. The van der Waals surface area contributed by atoms with Crippen LogP contribution in [0.1, 0.15) is 16.1 Å². The van der Waals surface area contributed by atoms with E-state index in [1.54, 1.807) is 0 Å². The van der Waals surface area contributed by atoms with Gasteiger partial charge in [0.15, 0.2) is 0 Å². The molecule has 0 aliphatic carbocycles. The standard InChI is InChI=1S/C14H13F3N4O4/c1-25-13(22)9-2-3-12(21(23)24)11(4-9)19-6-10-5-18-8-20(10)7-14(15,16)17/h2-5,8,19H,6-7H2,1H3. The molecule has 0 unspecified atom stereocenters. The number of aromatic nitrogens is 2. The van der Waals surface area contributed by atoms with E-state index in [0.717, 1.165) is 24.1 Å². The van der Waals surface area contributed by atoms with E-state index in [1.165, 1.54) is 18.3 Å². The number of esters is 1. The van der Waals surface area contributed by atoms with E-state index in [-0.39, 0.29) is 29.2 Å². The first-order valence-corrected chi connectivity index (χ1v) is 6.87. The molecule has 2 rings (SSSR count). The zero-order valence-corrected chi connectivity index (χ0v) is 12.9. The zero-order chi connectivity index (χ0) is 18.6. The lowest BCUT2D eigenvalue weighted by Gasteiger charge is -2.12. The number of nitrogens with one attached hydrogen (secondary N) is 1. The Balaban J connectivity index is 2.24. The topological polar surface area (TPSA) is 99.3 Å². The van der Waals surface area contributed by atoms with Crippen LogP contribution in [0.4, 0.5) is 24.5 Å². The highest BCUT2D eigenvalue weighted by Gasteiger charge is 2.28. The lowest BCUT2D eigenvalue weighted by atomic mass is 10.1. The van der Waals surface area contributed by atoms with Crippen LogP contribution in [0.15, 0.2) is 30.7 Å². The summed E-state index contributed by atoms with van der Waals surface area (Å²) in [5.74, 6) is -0.694. The molecule has 0 saturated carbocycles. The summed E-state index contributed by atoms with van der Waals surface area (Å²) in [7, 11) is 1.16. The number of nitrogens with zero attached hydrogens (tertiary/aromatic N) is 3. The molecule has 0 fully saturated rings. The zero-order valence-electron chi connectivity index (χ0n) is 12.9. The molecule has 2 aromatic rings. The van der Waals surface area contributed by atoms with Crippen molar-refractivity contribution < 1.29 is 27.6 Å². The molecule has 1 aromatic carbocycles. The predicted octanol–water partition coefficient (Wildman–Crippen LogP) is 2.75. The first-order chi connectivity index (χ1) is 11.7. The minimum absolute atomic E-state index is 0.0207. The minimum atomic E-state index is -4.42. The van der Waals surface area contributed by atoms with E-state index in [2.05, 4.69) is 15.0 Å². The summed E-state index contributed by atoms with van der Waals surface area (Å²) in [5, 5.41) is 13.7. The second-order valence-electron chi connectivity index (χ2n) is 4.96. The molecule has 0 amide bonds. The number of nitro benzene ring substituents is 1. The van der Waals surface area contributed by atoms with Gasteiger partial charge in [-0.3, -0.25) is 10.1 Å². The molecule has 0 atom stereocenters. The number of halogens is 3. The molecular formula is C14H13F3N4O4.